The fourth-order valence-electron chi connectivity index (χ4n) is 10.2. The van der Waals surface area contributed by atoms with Gasteiger partial charge in [-0.15, -0.1) is 0 Å². The molecule has 1 aromatic rings. The van der Waals surface area contributed by atoms with E-state index in [9.17, 15) is 19.8 Å². The maximum absolute atomic E-state index is 12.9. The quantitative estimate of drug-likeness (QED) is 0.397. The van der Waals surface area contributed by atoms with Gasteiger partial charge in [-0.2, -0.15) is 0 Å². The van der Waals surface area contributed by atoms with Crippen molar-refractivity contribution in [2.45, 2.75) is 102 Å². The molecule has 216 valence electrons. The lowest BCUT2D eigenvalue weighted by Crippen LogP contribution is -2.62. The van der Waals surface area contributed by atoms with Gasteiger partial charge in [0.05, 0.1) is 11.9 Å². The summed E-state index contributed by atoms with van der Waals surface area (Å²) in [4.78, 5) is 24.5. The van der Waals surface area contributed by atoms with Crippen LogP contribution in [0.4, 0.5) is 4.79 Å². The molecule has 2 amide bonds. The monoisotopic (exact) mass is 541 g/mol. The molecule has 0 bridgehead atoms. The highest BCUT2D eigenvalue weighted by molar-refractivity contribution is 5.74. The predicted molar refractivity (Wildman–Crippen MR) is 148 cm³/mol. The zero-order chi connectivity index (χ0) is 27.4. The molecule has 0 spiro atoms. The normalized spacial score (nSPS) is 45.5. The van der Waals surface area contributed by atoms with Gasteiger partial charge in [-0.1, -0.05) is 13.8 Å². The second-order valence-electron chi connectivity index (χ2n) is 14.0. The Bertz CT molecular complexity index is 1110. The van der Waals surface area contributed by atoms with E-state index in [1.165, 1.54) is 6.07 Å². The number of urea groups is 1. The van der Waals surface area contributed by atoms with Crippen LogP contribution in [0, 0.1) is 34.5 Å². The van der Waals surface area contributed by atoms with E-state index in [0.717, 1.165) is 82.9 Å². The third-order valence-corrected chi connectivity index (χ3v) is 12.5. The topological polar surface area (TPSA) is 124 Å². The van der Waals surface area contributed by atoms with Crippen LogP contribution in [0.15, 0.2) is 27.6 Å². The summed E-state index contributed by atoms with van der Waals surface area (Å²) >= 11 is 0. The number of fused-ring (bicyclic) bond motifs is 5. The molecule has 0 aromatic carbocycles. The van der Waals surface area contributed by atoms with Gasteiger partial charge in [0.2, 0.25) is 0 Å². The van der Waals surface area contributed by atoms with Gasteiger partial charge in [-0.3, -0.25) is 0 Å². The molecule has 10 atom stereocenters. The van der Waals surface area contributed by atoms with E-state index in [4.69, 9.17) is 4.42 Å². The highest BCUT2D eigenvalue weighted by Gasteiger charge is 2.67. The largest absolute Gasteiger partial charge is 0.431 e. The van der Waals surface area contributed by atoms with Crippen molar-refractivity contribution in [1.82, 2.24) is 16.0 Å². The van der Waals surface area contributed by atoms with Crippen molar-refractivity contribution in [1.29, 1.82) is 0 Å². The number of carbonyl (C=O) groups excluding carboxylic acids is 1. The predicted octanol–water partition coefficient (Wildman–Crippen LogP) is 3.52. The number of nitrogens with one attached hydrogen (secondary N) is 3. The molecular weight excluding hydrogens is 494 g/mol. The van der Waals surface area contributed by atoms with Gasteiger partial charge in [0.1, 0.15) is 0 Å². The van der Waals surface area contributed by atoms with Crippen molar-refractivity contribution in [2.75, 3.05) is 19.7 Å². The third-order valence-electron chi connectivity index (χ3n) is 12.5. The SMILES string of the molecule is C[C@]12CC[C@H](NC(=O)NC3CCNC[C@@H]3CO)C[C@H]1CC[C@@H]1[C@@H]2CC[C@]2(C)[C@@H](c3ccc(=O)oc3)CC[C@]12O. The zero-order valence-electron chi connectivity index (χ0n) is 23.6. The Morgan fingerprint density at radius 2 is 1.90 bits per heavy atom. The number of piperidine rings is 1. The van der Waals surface area contributed by atoms with Crippen molar-refractivity contribution in [2.24, 2.45) is 34.5 Å². The maximum Gasteiger partial charge on any atom is 0.335 e. The van der Waals surface area contributed by atoms with E-state index in [2.05, 4.69) is 29.8 Å². The number of aliphatic hydroxyl groups is 2. The fourth-order valence-corrected chi connectivity index (χ4v) is 10.2. The van der Waals surface area contributed by atoms with Crippen LogP contribution in [0.25, 0.3) is 0 Å². The number of aliphatic hydroxyl groups excluding tert-OH is 1. The summed E-state index contributed by atoms with van der Waals surface area (Å²) in [6.45, 7) is 6.43. The standard InChI is InChI=1S/C31H47N3O5/c1-29-11-7-22(33-28(37)34-26-10-14-32-16-20(26)17-35)15-21(29)4-5-25-24(29)8-12-30(2)23(9-13-31(25,30)38)19-3-6-27(36)39-18-19/h3,6,18,20-26,32,35,38H,4-5,7-17H2,1-2H3,(H2,33,34,37)/t20-,21-,22+,23-,24+,25-,26?,29+,30-,31+/m1/s1. The van der Waals surface area contributed by atoms with Crippen molar-refractivity contribution in [3.63, 3.8) is 0 Å². The Morgan fingerprint density at radius 1 is 1.05 bits per heavy atom. The van der Waals surface area contributed by atoms with E-state index in [1.807, 2.05) is 6.07 Å². The minimum Gasteiger partial charge on any atom is -0.431 e. The summed E-state index contributed by atoms with van der Waals surface area (Å²) in [5.41, 5.74) is -0.00244. The van der Waals surface area contributed by atoms with Crippen molar-refractivity contribution in [3.8, 4) is 0 Å². The second-order valence-corrected chi connectivity index (χ2v) is 14.0. The van der Waals surface area contributed by atoms with E-state index in [1.54, 1.807) is 6.26 Å². The van der Waals surface area contributed by atoms with Crippen molar-refractivity contribution < 1.29 is 19.4 Å². The van der Waals surface area contributed by atoms with Crippen LogP contribution in [0.2, 0.25) is 0 Å². The average molecular weight is 542 g/mol. The Kier molecular flexibility index (Phi) is 7.12. The van der Waals surface area contributed by atoms with Crippen molar-refractivity contribution in [3.05, 3.63) is 34.4 Å². The lowest BCUT2D eigenvalue weighted by atomic mass is 9.43. The Labute approximate surface area is 231 Å². The molecule has 5 aliphatic rings. The van der Waals surface area contributed by atoms with E-state index in [-0.39, 0.29) is 53.0 Å². The lowest BCUT2D eigenvalue weighted by Gasteiger charge is -2.63. The van der Waals surface area contributed by atoms with Crippen LogP contribution < -0.4 is 21.6 Å². The summed E-state index contributed by atoms with van der Waals surface area (Å²) in [6.07, 6.45) is 11.5. The smallest absolute Gasteiger partial charge is 0.335 e. The fraction of sp³-hybridized carbons (Fsp3) is 0.806. The molecule has 0 radical (unpaired) electrons. The van der Waals surface area contributed by atoms with E-state index in [0.29, 0.717) is 17.8 Å². The molecule has 8 nitrogen and oxygen atoms in total. The summed E-state index contributed by atoms with van der Waals surface area (Å²) in [5, 5.41) is 31.8. The molecule has 1 aromatic heterocycles. The van der Waals surface area contributed by atoms with Gasteiger partial charge in [0.25, 0.3) is 0 Å². The van der Waals surface area contributed by atoms with Gasteiger partial charge < -0.3 is 30.6 Å². The first kappa shape index (κ1) is 27.3. The minimum absolute atomic E-state index is 0.0139. The van der Waals surface area contributed by atoms with Crippen LogP contribution in [-0.2, 0) is 0 Å². The molecule has 2 heterocycles. The molecular formula is C31H47N3O5. The molecule has 1 unspecified atom stereocenters. The number of carbonyl (C=O) groups is 1. The first-order valence-electron chi connectivity index (χ1n) is 15.4. The highest BCUT2D eigenvalue weighted by Crippen LogP contribution is 2.70. The van der Waals surface area contributed by atoms with Crippen LogP contribution >= 0.6 is 0 Å². The van der Waals surface area contributed by atoms with Crippen LogP contribution in [0.3, 0.4) is 0 Å². The maximum atomic E-state index is 12.9. The number of hydrogen-bond acceptors (Lipinski definition) is 6. The number of hydrogen-bond donors (Lipinski definition) is 5. The first-order valence-corrected chi connectivity index (χ1v) is 15.4. The molecule has 6 rings (SSSR count). The van der Waals surface area contributed by atoms with Gasteiger partial charge >= 0.3 is 11.7 Å². The zero-order valence-corrected chi connectivity index (χ0v) is 23.6. The average Bonchev–Trinajstić information content (AvgIpc) is 3.20. The van der Waals surface area contributed by atoms with Gasteiger partial charge in [-0.25, -0.2) is 9.59 Å². The Balaban J connectivity index is 1.12. The third kappa shape index (κ3) is 4.45. The summed E-state index contributed by atoms with van der Waals surface area (Å²) < 4.78 is 5.23. The summed E-state index contributed by atoms with van der Waals surface area (Å²) in [6, 6.07) is 3.50. The Morgan fingerprint density at radius 3 is 2.67 bits per heavy atom. The van der Waals surface area contributed by atoms with Crippen LogP contribution in [-0.4, -0.2) is 53.6 Å². The molecule has 39 heavy (non-hydrogen) atoms. The summed E-state index contributed by atoms with van der Waals surface area (Å²) in [5.74, 6) is 1.61. The summed E-state index contributed by atoms with van der Waals surface area (Å²) in [7, 11) is 0. The second kappa shape index (κ2) is 10.2. The van der Waals surface area contributed by atoms with Crippen LogP contribution in [0.1, 0.15) is 89.5 Å². The van der Waals surface area contributed by atoms with Gasteiger partial charge in [0, 0.05) is 42.6 Å². The molecule has 4 aliphatic carbocycles. The highest BCUT2D eigenvalue weighted by atomic mass is 16.4. The molecule has 4 saturated carbocycles. The molecule has 1 aliphatic heterocycles. The Hall–Kier alpha value is -1.90. The number of rotatable bonds is 4. The molecule has 1 saturated heterocycles. The number of amides is 2. The van der Waals surface area contributed by atoms with Gasteiger partial charge in [-0.05, 0) is 111 Å². The van der Waals surface area contributed by atoms with E-state index < -0.39 is 5.60 Å². The molecule has 5 N–H and O–H groups in total. The lowest BCUT2D eigenvalue weighted by molar-refractivity contribution is -0.201. The molecule has 5 fully saturated rings. The van der Waals surface area contributed by atoms with E-state index >= 15 is 0 Å². The van der Waals surface area contributed by atoms with Gasteiger partial charge in [0.15, 0.2) is 0 Å². The molecule has 8 heteroatoms. The minimum atomic E-state index is -0.697. The van der Waals surface area contributed by atoms with Crippen LogP contribution in [0.5, 0.6) is 0 Å². The van der Waals surface area contributed by atoms with Crippen molar-refractivity contribution >= 4 is 6.03 Å². The first-order chi connectivity index (χ1) is 18.7.